The monoisotopic (exact) mass is 242 g/mol. The third-order valence-electron chi connectivity index (χ3n) is 3.50. The maximum absolute atomic E-state index is 6.03. The van der Waals surface area contributed by atoms with E-state index < -0.39 is 0 Å². The van der Waals surface area contributed by atoms with Gasteiger partial charge in [-0.2, -0.15) is 0 Å². The molecule has 0 saturated carbocycles. The van der Waals surface area contributed by atoms with E-state index in [4.69, 9.17) is 4.74 Å². The molecule has 0 amide bonds. The summed E-state index contributed by atoms with van der Waals surface area (Å²) >= 11 is 0. The van der Waals surface area contributed by atoms with Crippen molar-refractivity contribution < 1.29 is 4.74 Å². The molecule has 1 unspecified atom stereocenters. The summed E-state index contributed by atoms with van der Waals surface area (Å²) in [6.07, 6.45) is 6.58. The van der Waals surface area contributed by atoms with Gasteiger partial charge >= 0.3 is 0 Å². The maximum Gasteiger partial charge on any atom is 0.0623 e. The van der Waals surface area contributed by atoms with Crippen LogP contribution in [0.4, 0.5) is 0 Å². The van der Waals surface area contributed by atoms with Crippen LogP contribution in [0.2, 0.25) is 0 Å². The fourth-order valence-electron chi connectivity index (χ4n) is 2.35. The minimum atomic E-state index is 0.261. The second-order valence-electron chi connectivity index (χ2n) is 7.18. The van der Waals surface area contributed by atoms with E-state index in [0.717, 1.165) is 13.0 Å². The molecule has 1 atom stereocenters. The third-order valence-corrected chi connectivity index (χ3v) is 3.50. The van der Waals surface area contributed by atoms with Gasteiger partial charge in [-0.15, -0.1) is 0 Å². The zero-order valence-corrected chi connectivity index (χ0v) is 13.2. The van der Waals surface area contributed by atoms with Gasteiger partial charge in [0, 0.05) is 6.61 Å². The van der Waals surface area contributed by atoms with E-state index >= 15 is 0 Å². The highest BCUT2D eigenvalue weighted by atomic mass is 16.5. The van der Waals surface area contributed by atoms with Gasteiger partial charge in [-0.3, -0.25) is 0 Å². The van der Waals surface area contributed by atoms with Crippen LogP contribution in [0.25, 0.3) is 0 Å². The summed E-state index contributed by atoms with van der Waals surface area (Å²) in [4.78, 5) is 0. The van der Waals surface area contributed by atoms with Crippen molar-refractivity contribution in [1.29, 1.82) is 0 Å². The highest BCUT2D eigenvalue weighted by Gasteiger charge is 2.27. The summed E-state index contributed by atoms with van der Waals surface area (Å²) in [5, 5.41) is 0. The Morgan fingerprint density at radius 1 is 0.882 bits per heavy atom. The van der Waals surface area contributed by atoms with Crippen LogP contribution >= 0.6 is 0 Å². The molecule has 0 fully saturated rings. The van der Waals surface area contributed by atoms with E-state index in [2.05, 4.69) is 48.5 Å². The fraction of sp³-hybridized carbons (Fsp3) is 1.00. The molecule has 17 heavy (non-hydrogen) atoms. The van der Waals surface area contributed by atoms with Crippen molar-refractivity contribution in [3.8, 4) is 0 Å². The average molecular weight is 242 g/mol. The van der Waals surface area contributed by atoms with Crippen LogP contribution < -0.4 is 0 Å². The molecule has 0 aliphatic heterocycles. The molecule has 0 bridgehead atoms. The smallest absolute Gasteiger partial charge is 0.0623 e. The number of rotatable bonds is 8. The van der Waals surface area contributed by atoms with E-state index in [1.54, 1.807) is 0 Å². The molecule has 0 radical (unpaired) electrons. The Balaban J connectivity index is 4.25. The predicted molar refractivity (Wildman–Crippen MR) is 77.4 cm³/mol. The Bertz CT molecular complexity index is 185. The minimum Gasteiger partial charge on any atom is -0.378 e. The molecule has 0 aliphatic rings. The molecular weight excluding hydrogens is 208 g/mol. The highest BCUT2D eigenvalue weighted by molar-refractivity contribution is 4.78. The van der Waals surface area contributed by atoms with Crippen LogP contribution in [0.15, 0.2) is 0 Å². The lowest BCUT2D eigenvalue weighted by atomic mass is 9.78. The number of ether oxygens (including phenoxy) is 1. The third kappa shape index (κ3) is 7.81. The lowest BCUT2D eigenvalue weighted by molar-refractivity contribution is -0.0290. The topological polar surface area (TPSA) is 9.23 Å². The second kappa shape index (κ2) is 7.41. The van der Waals surface area contributed by atoms with Gasteiger partial charge in [-0.25, -0.2) is 0 Å². The van der Waals surface area contributed by atoms with Gasteiger partial charge in [0.15, 0.2) is 0 Å². The van der Waals surface area contributed by atoms with Crippen molar-refractivity contribution in [2.24, 2.45) is 10.8 Å². The summed E-state index contributed by atoms with van der Waals surface area (Å²) < 4.78 is 6.03. The Hall–Kier alpha value is -0.0400. The summed E-state index contributed by atoms with van der Waals surface area (Å²) in [5.41, 5.74) is 0.727. The molecule has 1 nitrogen and oxygen atoms in total. The average Bonchev–Trinajstić information content (AvgIpc) is 2.15. The predicted octanol–water partition coefficient (Wildman–Crippen LogP) is 5.43. The molecule has 104 valence electrons. The first-order valence-corrected chi connectivity index (χ1v) is 7.34. The lowest BCUT2D eigenvalue weighted by Gasteiger charge is -2.34. The Labute approximate surface area is 109 Å². The van der Waals surface area contributed by atoms with Crippen molar-refractivity contribution in [2.45, 2.75) is 86.7 Å². The van der Waals surface area contributed by atoms with E-state index in [-0.39, 0.29) is 5.41 Å². The zero-order valence-electron chi connectivity index (χ0n) is 13.2. The first-order chi connectivity index (χ1) is 7.73. The summed E-state index contributed by atoms with van der Waals surface area (Å²) in [5.74, 6) is 0. The highest BCUT2D eigenvalue weighted by Crippen LogP contribution is 2.33. The standard InChI is InChI=1S/C16H34O/c1-8-11-16(6,7)12-10-14(15(3,4)5)17-13-9-2/h14H,8-13H2,1-7H3. The summed E-state index contributed by atoms with van der Waals surface area (Å²) in [6.45, 7) is 17.0. The van der Waals surface area contributed by atoms with Crippen LogP contribution in [0.5, 0.6) is 0 Å². The molecule has 0 spiro atoms. The van der Waals surface area contributed by atoms with Gasteiger partial charge in [-0.1, -0.05) is 54.9 Å². The van der Waals surface area contributed by atoms with Crippen LogP contribution in [0.3, 0.4) is 0 Å². The van der Waals surface area contributed by atoms with Crippen molar-refractivity contribution in [3.05, 3.63) is 0 Å². The van der Waals surface area contributed by atoms with Gasteiger partial charge in [0.2, 0.25) is 0 Å². The van der Waals surface area contributed by atoms with Crippen LogP contribution in [0.1, 0.15) is 80.6 Å². The normalized spacial score (nSPS) is 15.0. The van der Waals surface area contributed by atoms with E-state index in [1.165, 1.54) is 25.7 Å². The summed E-state index contributed by atoms with van der Waals surface area (Å²) in [6, 6.07) is 0. The van der Waals surface area contributed by atoms with Gasteiger partial charge < -0.3 is 4.74 Å². The minimum absolute atomic E-state index is 0.261. The van der Waals surface area contributed by atoms with E-state index in [1.807, 2.05) is 0 Å². The van der Waals surface area contributed by atoms with Crippen molar-refractivity contribution >= 4 is 0 Å². The number of hydrogen-bond donors (Lipinski definition) is 0. The van der Waals surface area contributed by atoms with Crippen molar-refractivity contribution in [1.82, 2.24) is 0 Å². The second-order valence-corrected chi connectivity index (χ2v) is 7.18. The molecule has 0 rings (SSSR count). The lowest BCUT2D eigenvalue weighted by Crippen LogP contribution is -2.31. The van der Waals surface area contributed by atoms with E-state index in [9.17, 15) is 0 Å². The molecule has 0 saturated heterocycles. The van der Waals surface area contributed by atoms with Crippen LogP contribution in [-0.2, 0) is 4.74 Å². The molecular formula is C16H34O. The molecule has 0 heterocycles. The van der Waals surface area contributed by atoms with Gasteiger partial charge in [0.25, 0.3) is 0 Å². The van der Waals surface area contributed by atoms with Gasteiger partial charge in [0.05, 0.1) is 6.10 Å². The molecule has 0 aromatic rings. The molecule has 1 heteroatoms. The SMILES string of the molecule is CCCOC(CCC(C)(C)CCC)C(C)(C)C. The van der Waals surface area contributed by atoms with E-state index in [0.29, 0.717) is 11.5 Å². The maximum atomic E-state index is 6.03. The fourth-order valence-corrected chi connectivity index (χ4v) is 2.35. The molecule has 0 N–H and O–H groups in total. The van der Waals surface area contributed by atoms with Crippen LogP contribution in [-0.4, -0.2) is 12.7 Å². The van der Waals surface area contributed by atoms with Gasteiger partial charge in [-0.05, 0) is 36.5 Å². The Morgan fingerprint density at radius 3 is 1.88 bits per heavy atom. The molecule has 0 aliphatic carbocycles. The van der Waals surface area contributed by atoms with Crippen molar-refractivity contribution in [3.63, 3.8) is 0 Å². The Kier molecular flexibility index (Phi) is 7.39. The molecule has 0 aromatic heterocycles. The Morgan fingerprint density at radius 2 is 1.47 bits per heavy atom. The zero-order chi connectivity index (χ0) is 13.5. The largest absolute Gasteiger partial charge is 0.378 e. The molecule has 0 aromatic carbocycles. The number of hydrogen-bond acceptors (Lipinski definition) is 1. The van der Waals surface area contributed by atoms with Gasteiger partial charge in [0.1, 0.15) is 0 Å². The van der Waals surface area contributed by atoms with Crippen molar-refractivity contribution in [2.75, 3.05) is 6.61 Å². The quantitative estimate of drug-likeness (QED) is 0.551. The van der Waals surface area contributed by atoms with Crippen LogP contribution in [0, 0.1) is 10.8 Å². The summed E-state index contributed by atoms with van der Waals surface area (Å²) in [7, 11) is 0. The first kappa shape index (κ1) is 17.0. The first-order valence-electron chi connectivity index (χ1n) is 7.34.